The number of hydrogen-bond acceptors (Lipinski definition) is 6. The lowest BCUT2D eigenvalue weighted by Crippen LogP contribution is -2.13. The number of nitrogens with zero attached hydrogens (tertiary/aromatic N) is 3. The first kappa shape index (κ1) is 14.1. The maximum atomic E-state index is 12.0. The Labute approximate surface area is 129 Å². The topological polar surface area (TPSA) is 96.9 Å². The van der Waals surface area contributed by atoms with E-state index in [-0.39, 0.29) is 17.5 Å². The van der Waals surface area contributed by atoms with Crippen LogP contribution < -0.4 is 10.6 Å². The summed E-state index contributed by atoms with van der Waals surface area (Å²) in [6, 6.07) is 5.36. The second-order valence-corrected chi connectivity index (χ2v) is 5.46. The van der Waals surface area contributed by atoms with E-state index in [0.717, 1.165) is 10.2 Å². The molecule has 2 heterocycles. The lowest BCUT2D eigenvalue weighted by Gasteiger charge is -1.99. The zero-order valence-electron chi connectivity index (χ0n) is 11.5. The van der Waals surface area contributed by atoms with Crippen LogP contribution in [0.2, 0.25) is 0 Å². The van der Waals surface area contributed by atoms with E-state index in [2.05, 4.69) is 25.6 Å². The number of rotatable bonds is 3. The van der Waals surface area contributed by atoms with Gasteiger partial charge in [-0.2, -0.15) is 0 Å². The number of nitrogens with one attached hydrogen (secondary N) is 2. The molecule has 0 bridgehead atoms. The molecule has 2 aromatic heterocycles. The maximum absolute atomic E-state index is 12.0. The van der Waals surface area contributed by atoms with Crippen molar-refractivity contribution in [2.45, 2.75) is 6.92 Å². The number of benzene rings is 1. The molecule has 0 atom stereocenters. The fourth-order valence-corrected chi connectivity index (χ4v) is 2.74. The molecule has 3 aromatic rings. The predicted molar refractivity (Wildman–Crippen MR) is 83.9 cm³/mol. The molecule has 0 spiro atoms. The van der Waals surface area contributed by atoms with E-state index in [1.54, 1.807) is 12.1 Å². The third kappa shape index (κ3) is 3.07. The van der Waals surface area contributed by atoms with Gasteiger partial charge >= 0.3 is 0 Å². The van der Waals surface area contributed by atoms with Crippen LogP contribution in [0.15, 0.2) is 36.8 Å². The Morgan fingerprint density at radius 3 is 2.77 bits per heavy atom. The molecule has 8 heteroatoms. The number of anilines is 2. The molecule has 0 fully saturated rings. The first-order valence-electron chi connectivity index (χ1n) is 6.37. The van der Waals surface area contributed by atoms with Crippen molar-refractivity contribution in [2.24, 2.45) is 0 Å². The van der Waals surface area contributed by atoms with Crippen LogP contribution in [0.25, 0.3) is 10.2 Å². The van der Waals surface area contributed by atoms with Crippen molar-refractivity contribution in [1.29, 1.82) is 0 Å². The highest BCUT2D eigenvalue weighted by atomic mass is 32.1. The number of carbonyl (C=O) groups excluding carboxylic acids is 2. The van der Waals surface area contributed by atoms with Crippen molar-refractivity contribution < 1.29 is 9.59 Å². The van der Waals surface area contributed by atoms with Crippen molar-refractivity contribution >= 4 is 44.2 Å². The number of amides is 2. The van der Waals surface area contributed by atoms with Crippen molar-refractivity contribution in [1.82, 2.24) is 15.0 Å². The van der Waals surface area contributed by atoms with Gasteiger partial charge in [0.2, 0.25) is 5.91 Å². The van der Waals surface area contributed by atoms with Gasteiger partial charge in [-0.3, -0.25) is 19.9 Å². The Bertz CT molecular complexity index is 847. The summed E-state index contributed by atoms with van der Waals surface area (Å²) in [4.78, 5) is 35.2. The number of fused-ring (bicyclic) bond motifs is 1. The van der Waals surface area contributed by atoms with E-state index < -0.39 is 0 Å². The monoisotopic (exact) mass is 313 g/mol. The van der Waals surface area contributed by atoms with E-state index in [0.29, 0.717) is 10.8 Å². The molecule has 0 aliphatic rings. The summed E-state index contributed by atoms with van der Waals surface area (Å²) in [5.74, 6) is -0.505. The third-order valence-electron chi connectivity index (χ3n) is 2.73. The Morgan fingerprint density at radius 2 is 2.05 bits per heavy atom. The zero-order valence-corrected chi connectivity index (χ0v) is 12.3. The van der Waals surface area contributed by atoms with Gasteiger partial charge in [-0.15, -0.1) is 0 Å². The van der Waals surface area contributed by atoms with Crippen LogP contribution in [-0.2, 0) is 4.79 Å². The molecule has 0 aliphatic heterocycles. The quantitative estimate of drug-likeness (QED) is 0.773. The van der Waals surface area contributed by atoms with E-state index >= 15 is 0 Å². The molecule has 2 N–H and O–H groups in total. The van der Waals surface area contributed by atoms with E-state index in [9.17, 15) is 9.59 Å². The predicted octanol–water partition coefficient (Wildman–Crippen LogP) is 2.30. The van der Waals surface area contributed by atoms with Crippen LogP contribution in [-0.4, -0.2) is 26.8 Å². The minimum absolute atomic E-state index is 0.139. The van der Waals surface area contributed by atoms with E-state index in [1.165, 1.54) is 36.9 Å². The molecule has 0 aliphatic carbocycles. The highest BCUT2D eigenvalue weighted by molar-refractivity contribution is 7.22. The minimum Gasteiger partial charge on any atom is -0.326 e. The number of thiazole rings is 1. The fourth-order valence-electron chi connectivity index (χ4n) is 1.84. The maximum Gasteiger partial charge on any atom is 0.277 e. The molecule has 0 saturated heterocycles. The lowest BCUT2D eigenvalue weighted by atomic mass is 10.3. The molecule has 0 radical (unpaired) electrons. The lowest BCUT2D eigenvalue weighted by molar-refractivity contribution is -0.114. The van der Waals surface area contributed by atoms with Crippen LogP contribution in [0.5, 0.6) is 0 Å². The van der Waals surface area contributed by atoms with Gasteiger partial charge in [-0.05, 0) is 18.2 Å². The molecule has 3 rings (SSSR count). The number of aromatic nitrogens is 3. The Morgan fingerprint density at radius 1 is 1.18 bits per heavy atom. The number of carbonyl (C=O) groups is 2. The molecule has 1 aromatic carbocycles. The van der Waals surface area contributed by atoms with E-state index in [4.69, 9.17) is 0 Å². The minimum atomic E-state index is -0.366. The van der Waals surface area contributed by atoms with Gasteiger partial charge in [0.05, 0.1) is 16.4 Å². The van der Waals surface area contributed by atoms with Gasteiger partial charge in [-0.25, -0.2) is 9.97 Å². The molecular formula is C14H11N5O2S. The summed E-state index contributed by atoms with van der Waals surface area (Å²) >= 11 is 1.32. The van der Waals surface area contributed by atoms with E-state index in [1.807, 2.05) is 6.07 Å². The van der Waals surface area contributed by atoms with Crippen LogP contribution >= 0.6 is 11.3 Å². The molecule has 0 unspecified atom stereocenters. The van der Waals surface area contributed by atoms with Gasteiger partial charge in [0.1, 0.15) is 5.69 Å². The average Bonchev–Trinajstić information content (AvgIpc) is 2.89. The Kier molecular flexibility index (Phi) is 3.75. The first-order valence-corrected chi connectivity index (χ1v) is 7.19. The largest absolute Gasteiger partial charge is 0.326 e. The molecule has 0 saturated carbocycles. The molecule has 22 heavy (non-hydrogen) atoms. The average molecular weight is 313 g/mol. The van der Waals surface area contributed by atoms with Gasteiger partial charge in [0, 0.05) is 25.0 Å². The standard InChI is InChI=1S/C14H11N5O2S/c1-8(20)17-9-2-3-10-12(6-9)22-14(18-10)19-13(21)11-7-15-4-5-16-11/h2-7H,1H3,(H,17,20)(H,18,19,21). The number of hydrogen-bond donors (Lipinski definition) is 2. The molecular weight excluding hydrogens is 302 g/mol. The smallest absolute Gasteiger partial charge is 0.277 e. The Balaban J connectivity index is 1.83. The van der Waals surface area contributed by atoms with Gasteiger partial charge in [0.25, 0.3) is 5.91 Å². The second kappa shape index (κ2) is 5.86. The summed E-state index contributed by atoms with van der Waals surface area (Å²) in [6.07, 6.45) is 4.34. The van der Waals surface area contributed by atoms with Crippen LogP contribution in [0.1, 0.15) is 17.4 Å². The van der Waals surface area contributed by atoms with Crippen molar-refractivity contribution in [3.8, 4) is 0 Å². The fraction of sp³-hybridized carbons (Fsp3) is 0.0714. The highest BCUT2D eigenvalue weighted by Gasteiger charge is 2.11. The summed E-state index contributed by atoms with van der Waals surface area (Å²) in [6.45, 7) is 1.45. The summed E-state index contributed by atoms with van der Waals surface area (Å²) < 4.78 is 0.862. The van der Waals surface area contributed by atoms with Crippen LogP contribution in [0, 0.1) is 0 Å². The van der Waals surface area contributed by atoms with Crippen molar-refractivity contribution in [3.05, 3.63) is 42.5 Å². The Hall–Kier alpha value is -2.87. The zero-order chi connectivity index (χ0) is 15.5. The van der Waals surface area contributed by atoms with Crippen molar-refractivity contribution in [2.75, 3.05) is 10.6 Å². The van der Waals surface area contributed by atoms with Crippen molar-refractivity contribution in [3.63, 3.8) is 0 Å². The summed E-state index contributed by atoms with van der Waals surface area (Å²) in [7, 11) is 0. The molecule has 7 nitrogen and oxygen atoms in total. The first-order chi connectivity index (χ1) is 10.6. The molecule has 110 valence electrons. The van der Waals surface area contributed by atoms with Gasteiger partial charge < -0.3 is 5.32 Å². The van der Waals surface area contributed by atoms with Gasteiger partial charge in [0.15, 0.2) is 5.13 Å². The summed E-state index contributed by atoms with van der Waals surface area (Å²) in [5, 5.41) is 5.86. The van der Waals surface area contributed by atoms with Gasteiger partial charge in [-0.1, -0.05) is 11.3 Å². The van der Waals surface area contributed by atoms with Crippen LogP contribution in [0.3, 0.4) is 0 Å². The SMILES string of the molecule is CC(=O)Nc1ccc2nc(NC(=O)c3cnccn3)sc2c1. The molecule has 2 amide bonds. The van der Waals surface area contributed by atoms with Crippen LogP contribution in [0.4, 0.5) is 10.8 Å². The second-order valence-electron chi connectivity index (χ2n) is 4.43. The normalized spacial score (nSPS) is 10.4. The third-order valence-corrected chi connectivity index (χ3v) is 3.66. The highest BCUT2D eigenvalue weighted by Crippen LogP contribution is 2.28. The summed E-state index contributed by atoms with van der Waals surface area (Å²) in [5.41, 5.74) is 1.66.